The van der Waals surface area contributed by atoms with E-state index >= 15 is 0 Å². The third-order valence-electron chi connectivity index (χ3n) is 4.57. The van der Waals surface area contributed by atoms with Crippen molar-refractivity contribution in [2.75, 3.05) is 0 Å². The van der Waals surface area contributed by atoms with Gasteiger partial charge >= 0.3 is 5.97 Å². The number of esters is 1. The Morgan fingerprint density at radius 2 is 1.90 bits per heavy atom. The number of carbonyl (C=O) groups excluding carboxylic acids is 1. The van der Waals surface area contributed by atoms with Crippen LogP contribution in [0.25, 0.3) is 0 Å². The maximum Gasteiger partial charge on any atom is 0.339 e. The minimum Gasteiger partial charge on any atom is -0.460 e. The first-order chi connectivity index (χ1) is 9.99. The third-order valence-corrected chi connectivity index (χ3v) is 4.57. The molecule has 0 saturated heterocycles. The van der Waals surface area contributed by atoms with Gasteiger partial charge in [0.15, 0.2) is 6.10 Å². The lowest BCUT2D eigenvalue weighted by molar-refractivity contribution is -0.166. The Morgan fingerprint density at radius 3 is 2.52 bits per heavy atom. The average molecular weight is 290 g/mol. The summed E-state index contributed by atoms with van der Waals surface area (Å²) >= 11 is 0. The number of carbonyl (C=O) groups is 1. The van der Waals surface area contributed by atoms with Gasteiger partial charge in [-0.1, -0.05) is 57.5 Å². The molecule has 1 N–H and O–H groups in total. The van der Waals surface area contributed by atoms with Gasteiger partial charge in [-0.25, -0.2) is 4.79 Å². The van der Waals surface area contributed by atoms with E-state index in [-0.39, 0.29) is 6.10 Å². The van der Waals surface area contributed by atoms with Crippen LogP contribution in [0, 0.1) is 17.8 Å². The molecule has 3 nitrogen and oxygen atoms in total. The predicted molar refractivity (Wildman–Crippen MR) is 82.6 cm³/mol. The zero-order valence-electron chi connectivity index (χ0n) is 13.2. The molecule has 1 aromatic carbocycles. The standard InChI is InChI=1S/C18H26O3/c1-12(2)15-10-9-13(3)11-16(15)21-18(20)17(19)14-7-5-4-6-8-14/h4-8,12-13,15-17,19H,9-11H2,1-3H3/t13?,15?,16?,17-/m1/s1. The highest BCUT2D eigenvalue weighted by atomic mass is 16.6. The van der Waals surface area contributed by atoms with Gasteiger partial charge in [0, 0.05) is 0 Å². The summed E-state index contributed by atoms with van der Waals surface area (Å²) in [5.41, 5.74) is 0.590. The van der Waals surface area contributed by atoms with Crippen molar-refractivity contribution in [3.05, 3.63) is 35.9 Å². The Balaban J connectivity index is 2.02. The summed E-state index contributed by atoms with van der Waals surface area (Å²) in [5, 5.41) is 10.1. The molecule has 116 valence electrons. The zero-order chi connectivity index (χ0) is 15.4. The molecule has 0 aliphatic heterocycles. The average Bonchev–Trinajstić information content (AvgIpc) is 2.47. The quantitative estimate of drug-likeness (QED) is 0.860. The van der Waals surface area contributed by atoms with E-state index in [4.69, 9.17) is 4.74 Å². The van der Waals surface area contributed by atoms with Crippen molar-refractivity contribution in [2.24, 2.45) is 17.8 Å². The summed E-state index contributed by atoms with van der Waals surface area (Å²) in [5.74, 6) is 0.940. The van der Waals surface area contributed by atoms with Crippen LogP contribution in [-0.4, -0.2) is 17.2 Å². The van der Waals surface area contributed by atoms with E-state index in [1.54, 1.807) is 12.1 Å². The van der Waals surface area contributed by atoms with Crippen molar-refractivity contribution in [2.45, 2.75) is 52.2 Å². The SMILES string of the molecule is CC1CCC(C(C)C)C(OC(=O)[C@H](O)c2ccccc2)C1. The highest BCUT2D eigenvalue weighted by molar-refractivity contribution is 5.76. The summed E-state index contributed by atoms with van der Waals surface area (Å²) in [7, 11) is 0. The normalized spacial score (nSPS) is 27.4. The maximum atomic E-state index is 12.2. The van der Waals surface area contributed by atoms with Gasteiger partial charge < -0.3 is 9.84 Å². The van der Waals surface area contributed by atoms with Crippen molar-refractivity contribution >= 4 is 5.97 Å². The van der Waals surface area contributed by atoms with Crippen molar-refractivity contribution in [3.63, 3.8) is 0 Å². The highest BCUT2D eigenvalue weighted by Crippen LogP contribution is 2.36. The number of benzene rings is 1. The molecule has 1 aromatic rings. The van der Waals surface area contributed by atoms with E-state index in [0.29, 0.717) is 23.3 Å². The van der Waals surface area contributed by atoms with Crippen LogP contribution in [0.2, 0.25) is 0 Å². The first kappa shape index (κ1) is 16.0. The van der Waals surface area contributed by atoms with Crippen LogP contribution < -0.4 is 0 Å². The fourth-order valence-electron chi connectivity index (χ4n) is 3.24. The molecule has 1 fully saturated rings. The molecule has 2 rings (SSSR count). The van der Waals surface area contributed by atoms with Gasteiger partial charge in [0.25, 0.3) is 0 Å². The number of aliphatic hydroxyl groups excluding tert-OH is 1. The van der Waals surface area contributed by atoms with Gasteiger partial charge in [-0.05, 0) is 36.2 Å². The topological polar surface area (TPSA) is 46.5 Å². The molecule has 0 heterocycles. The second-order valence-electron chi connectivity index (χ2n) is 6.61. The van der Waals surface area contributed by atoms with Crippen LogP contribution in [-0.2, 0) is 9.53 Å². The van der Waals surface area contributed by atoms with Crippen molar-refractivity contribution in [1.82, 2.24) is 0 Å². The van der Waals surface area contributed by atoms with Crippen LogP contribution in [0.1, 0.15) is 51.7 Å². The molecular weight excluding hydrogens is 264 g/mol. The van der Waals surface area contributed by atoms with E-state index in [1.807, 2.05) is 18.2 Å². The van der Waals surface area contributed by atoms with Crippen molar-refractivity contribution in [1.29, 1.82) is 0 Å². The fourth-order valence-corrected chi connectivity index (χ4v) is 3.24. The predicted octanol–water partition coefficient (Wildman–Crippen LogP) is 3.72. The third kappa shape index (κ3) is 4.07. The summed E-state index contributed by atoms with van der Waals surface area (Å²) in [6.45, 7) is 6.55. The minimum absolute atomic E-state index is 0.0698. The Labute approximate surface area is 127 Å². The number of rotatable bonds is 4. The summed E-state index contributed by atoms with van der Waals surface area (Å²) in [6, 6.07) is 8.97. The smallest absolute Gasteiger partial charge is 0.339 e. The first-order valence-corrected chi connectivity index (χ1v) is 7.92. The van der Waals surface area contributed by atoms with E-state index in [0.717, 1.165) is 12.8 Å². The number of aliphatic hydroxyl groups is 1. The van der Waals surface area contributed by atoms with Gasteiger partial charge in [-0.3, -0.25) is 0 Å². The van der Waals surface area contributed by atoms with Crippen LogP contribution in [0.4, 0.5) is 0 Å². The van der Waals surface area contributed by atoms with E-state index < -0.39 is 12.1 Å². The molecule has 4 atom stereocenters. The molecule has 1 aliphatic carbocycles. The first-order valence-electron chi connectivity index (χ1n) is 7.92. The van der Waals surface area contributed by atoms with Crippen molar-refractivity contribution in [3.8, 4) is 0 Å². The van der Waals surface area contributed by atoms with Crippen LogP contribution >= 0.6 is 0 Å². The lowest BCUT2D eigenvalue weighted by Crippen LogP contribution is -2.37. The Bertz CT molecular complexity index is 455. The molecule has 21 heavy (non-hydrogen) atoms. The number of ether oxygens (including phenoxy) is 1. The number of hydrogen-bond donors (Lipinski definition) is 1. The number of hydrogen-bond acceptors (Lipinski definition) is 3. The molecule has 1 aliphatic rings. The highest BCUT2D eigenvalue weighted by Gasteiger charge is 2.34. The van der Waals surface area contributed by atoms with Gasteiger partial charge in [-0.2, -0.15) is 0 Å². The lowest BCUT2D eigenvalue weighted by atomic mass is 9.75. The fraction of sp³-hybridized carbons (Fsp3) is 0.611. The monoisotopic (exact) mass is 290 g/mol. The molecule has 0 bridgehead atoms. The Hall–Kier alpha value is -1.35. The Kier molecular flexibility index (Phi) is 5.40. The molecular formula is C18H26O3. The van der Waals surface area contributed by atoms with Gasteiger partial charge in [0.05, 0.1) is 0 Å². The largest absolute Gasteiger partial charge is 0.460 e. The summed E-state index contributed by atoms with van der Waals surface area (Å²) in [6.07, 6.45) is 1.93. The molecule has 0 amide bonds. The van der Waals surface area contributed by atoms with Gasteiger partial charge in [0.1, 0.15) is 6.10 Å². The van der Waals surface area contributed by atoms with Crippen LogP contribution in [0.15, 0.2) is 30.3 Å². The Morgan fingerprint density at radius 1 is 1.24 bits per heavy atom. The van der Waals surface area contributed by atoms with Gasteiger partial charge in [-0.15, -0.1) is 0 Å². The van der Waals surface area contributed by atoms with Crippen LogP contribution in [0.3, 0.4) is 0 Å². The zero-order valence-corrected chi connectivity index (χ0v) is 13.2. The summed E-state index contributed by atoms with van der Waals surface area (Å²) < 4.78 is 5.66. The van der Waals surface area contributed by atoms with E-state index in [9.17, 15) is 9.90 Å². The molecule has 0 radical (unpaired) electrons. The second kappa shape index (κ2) is 7.08. The van der Waals surface area contributed by atoms with Crippen LogP contribution in [0.5, 0.6) is 0 Å². The minimum atomic E-state index is -1.18. The molecule has 1 saturated carbocycles. The van der Waals surface area contributed by atoms with Gasteiger partial charge in [0.2, 0.25) is 0 Å². The molecule has 0 spiro atoms. The summed E-state index contributed by atoms with van der Waals surface area (Å²) in [4.78, 5) is 12.2. The lowest BCUT2D eigenvalue weighted by Gasteiger charge is -2.37. The molecule has 3 unspecified atom stereocenters. The van der Waals surface area contributed by atoms with E-state index in [2.05, 4.69) is 20.8 Å². The molecule has 3 heteroatoms. The second-order valence-corrected chi connectivity index (χ2v) is 6.61. The van der Waals surface area contributed by atoms with E-state index in [1.165, 1.54) is 6.42 Å². The maximum absolute atomic E-state index is 12.2. The van der Waals surface area contributed by atoms with Crippen molar-refractivity contribution < 1.29 is 14.6 Å². The molecule has 0 aromatic heterocycles.